The molecule has 1 aromatic heterocycles. The lowest BCUT2D eigenvalue weighted by Crippen LogP contribution is -2.26. The van der Waals surface area contributed by atoms with Gasteiger partial charge in [0.05, 0.1) is 11.4 Å². The number of hydrogen-bond acceptors (Lipinski definition) is 5. The minimum absolute atomic E-state index is 0.0403. The first-order valence-electron chi connectivity index (χ1n) is 7.79. The first-order valence-corrected chi connectivity index (χ1v) is 9.27. The van der Waals surface area contributed by atoms with Crippen molar-refractivity contribution in [2.45, 2.75) is 31.2 Å². The Morgan fingerprint density at radius 2 is 1.96 bits per heavy atom. The molecule has 0 spiro atoms. The fourth-order valence-electron chi connectivity index (χ4n) is 2.68. The second-order valence-corrected chi connectivity index (χ2v) is 7.53. The summed E-state index contributed by atoms with van der Waals surface area (Å²) in [6, 6.07) is 6.78. The first-order chi connectivity index (χ1) is 11.4. The van der Waals surface area contributed by atoms with Gasteiger partial charge < -0.3 is 4.90 Å². The van der Waals surface area contributed by atoms with Gasteiger partial charge in [-0.1, -0.05) is 6.07 Å². The SMILES string of the molecule is Cc1cc(N2CCCC2)nc(CNS(=O)(=O)c2cccc(F)c2)n1. The zero-order valence-electron chi connectivity index (χ0n) is 13.4. The van der Waals surface area contributed by atoms with Gasteiger partial charge in [0.15, 0.2) is 0 Å². The Morgan fingerprint density at radius 1 is 1.21 bits per heavy atom. The Labute approximate surface area is 140 Å². The van der Waals surface area contributed by atoms with Gasteiger partial charge in [0.25, 0.3) is 0 Å². The summed E-state index contributed by atoms with van der Waals surface area (Å²) >= 11 is 0. The summed E-state index contributed by atoms with van der Waals surface area (Å²) in [7, 11) is -3.81. The molecule has 0 aliphatic carbocycles. The quantitative estimate of drug-likeness (QED) is 0.893. The molecule has 1 aliphatic rings. The molecule has 24 heavy (non-hydrogen) atoms. The monoisotopic (exact) mass is 350 g/mol. The normalized spacial score (nSPS) is 15.0. The molecule has 1 fully saturated rings. The summed E-state index contributed by atoms with van der Waals surface area (Å²) in [4.78, 5) is 10.8. The largest absolute Gasteiger partial charge is 0.357 e. The van der Waals surface area contributed by atoms with Crippen molar-refractivity contribution >= 4 is 15.8 Å². The van der Waals surface area contributed by atoms with Crippen molar-refractivity contribution in [3.63, 3.8) is 0 Å². The third kappa shape index (κ3) is 3.88. The van der Waals surface area contributed by atoms with Gasteiger partial charge in [-0.3, -0.25) is 0 Å². The molecule has 6 nitrogen and oxygen atoms in total. The van der Waals surface area contributed by atoms with E-state index in [1.54, 1.807) is 0 Å². The Morgan fingerprint density at radius 3 is 2.67 bits per heavy atom. The van der Waals surface area contributed by atoms with Crippen LogP contribution in [0, 0.1) is 12.7 Å². The third-order valence-electron chi connectivity index (χ3n) is 3.84. The molecule has 0 radical (unpaired) electrons. The van der Waals surface area contributed by atoms with Crippen LogP contribution in [0.25, 0.3) is 0 Å². The molecule has 0 saturated carbocycles. The molecule has 1 saturated heterocycles. The standard InChI is InChI=1S/C16H19FN4O2S/c1-12-9-16(21-7-2-3-8-21)20-15(19-12)11-18-24(22,23)14-6-4-5-13(17)10-14/h4-6,9-10,18H,2-3,7-8,11H2,1H3. The predicted molar refractivity (Wildman–Crippen MR) is 88.6 cm³/mol. The van der Waals surface area contributed by atoms with Gasteiger partial charge in [0.2, 0.25) is 10.0 Å². The Balaban J connectivity index is 1.76. The maximum Gasteiger partial charge on any atom is 0.241 e. The number of aromatic nitrogens is 2. The molecule has 1 N–H and O–H groups in total. The minimum atomic E-state index is -3.81. The molecule has 1 aromatic carbocycles. The fraction of sp³-hybridized carbons (Fsp3) is 0.375. The van der Waals surface area contributed by atoms with Gasteiger partial charge in [-0.2, -0.15) is 0 Å². The number of hydrogen-bond donors (Lipinski definition) is 1. The molecule has 0 bridgehead atoms. The maximum absolute atomic E-state index is 13.2. The van der Waals surface area contributed by atoms with E-state index in [1.807, 2.05) is 13.0 Å². The number of nitrogens with zero attached hydrogens (tertiary/aromatic N) is 3. The van der Waals surface area contributed by atoms with Crippen molar-refractivity contribution in [3.8, 4) is 0 Å². The zero-order chi connectivity index (χ0) is 17.2. The van der Waals surface area contributed by atoms with Gasteiger partial charge in [-0.15, -0.1) is 0 Å². The van der Waals surface area contributed by atoms with E-state index in [0.29, 0.717) is 5.82 Å². The van der Waals surface area contributed by atoms with E-state index in [9.17, 15) is 12.8 Å². The Hall–Kier alpha value is -2.06. The average molecular weight is 350 g/mol. The zero-order valence-corrected chi connectivity index (χ0v) is 14.2. The highest BCUT2D eigenvalue weighted by molar-refractivity contribution is 7.89. The van der Waals surface area contributed by atoms with E-state index in [0.717, 1.165) is 43.5 Å². The molecule has 0 atom stereocenters. The van der Waals surface area contributed by atoms with E-state index in [2.05, 4.69) is 19.6 Å². The van der Waals surface area contributed by atoms with Crippen molar-refractivity contribution in [1.82, 2.24) is 14.7 Å². The van der Waals surface area contributed by atoms with Crippen LogP contribution in [0.4, 0.5) is 10.2 Å². The van der Waals surface area contributed by atoms with E-state index in [1.165, 1.54) is 18.2 Å². The second-order valence-electron chi connectivity index (χ2n) is 5.76. The van der Waals surface area contributed by atoms with E-state index in [-0.39, 0.29) is 11.4 Å². The highest BCUT2D eigenvalue weighted by Crippen LogP contribution is 2.18. The van der Waals surface area contributed by atoms with Crippen molar-refractivity contribution in [3.05, 3.63) is 47.7 Å². The fourth-order valence-corrected chi connectivity index (χ4v) is 3.69. The van der Waals surface area contributed by atoms with Gasteiger partial charge in [0.1, 0.15) is 17.5 Å². The van der Waals surface area contributed by atoms with Crippen LogP contribution >= 0.6 is 0 Å². The van der Waals surface area contributed by atoms with Crippen LogP contribution in [-0.4, -0.2) is 31.5 Å². The molecular weight excluding hydrogens is 331 g/mol. The highest BCUT2D eigenvalue weighted by atomic mass is 32.2. The van der Waals surface area contributed by atoms with Crippen LogP contribution in [0.1, 0.15) is 24.4 Å². The summed E-state index contributed by atoms with van der Waals surface area (Å²) in [5.74, 6) is 0.623. The smallest absolute Gasteiger partial charge is 0.241 e. The number of aryl methyl sites for hydroxylation is 1. The first kappa shape index (κ1) is 16.8. The van der Waals surface area contributed by atoms with Crippen LogP contribution in [0.2, 0.25) is 0 Å². The molecular formula is C16H19FN4O2S. The van der Waals surface area contributed by atoms with Crippen molar-refractivity contribution in [2.24, 2.45) is 0 Å². The number of anilines is 1. The third-order valence-corrected chi connectivity index (χ3v) is 5.24. The van der Waals surface area contributed by atoms with Crippen molar-refractivity contribution in [2.75, 3.05) is 18.0 Å². The molecule has 128 valence electrons. The number of halogens is 1. The van der Waals surface area contributed by atoms with Gasteiger partial charge >= 0.3 is 0 Å². The van der Waals surface area contributed by atoms with Gasteiger partial charge in [0, 0.05) is 24.8 Å². The van der Waals surface area contributed by atoms with Crippen LogP contribution in [0.15, 0.2) is 35.2 Å². The lowest BCUT2D eigenvalue weighted by molar-refractivity contribution is 0.575. The molecule has 1 aliphatic heterocycles. The summed E-state index contributed by atoms with van der Waals surface area (Å²) in [5, 5.41) is 0. The summed E-state index contributed by atoms with van der Waals surface area (Å²) in [6.45, 7) is 3.71. The molecule has 2 aromatic rings. The summed E-state index contributed by atoms with van der Waals surface area (Å²) in [6.07, 6.45) is 2.26. The molecule has 2 heterocycles. The minimum Gasteiger partial charge on any atom is -0.357 e. The topological polar surface area (TPSA) is 75.2 Å². The van der Waals surface area contributed by atoms with Crippen molar-refractivity contribution < 1.29 is 12.8 Å². The number of benzene rings is 1. The predicted octanol–water partition coefficient (Wildman–Crippen LogP) is 2.00. The van der Waals surface area contributed by atoms with Crippen LogP contribution in [-0.2, 0) is 16.6 Å². The Kier molecular flexibility index (Phi) is 4.77. The highest BCUT2D eigenvalue weighted by Gasteiger charge is 2.17. The number of rotatable bonds is 5. The van der Waals surface area contributed by atoms with Crippen LogP contribution in [0.3, 0.4) is 0 Å². The van der Waals surface area contributed by atoms with Crippen LogP contribution in [0.5, 0.6) is 0 Å². The summed E-state index contributed by atoms with van der Waals surface area (Å²) in [5.41, 5.74) is 0.784. The van der Waals surface area contributed by atoms with E-state index >= 15 is 0 Å². The second kappa shape index (κ2) is 6.82. The lowest BCUT2D eigenvalue weighted by atomic mass is 10.4. The van der Waals surface area contributed by atoms with Gasteiger partial charge in [-0.05, 0) is 38.0 Å². The van der Waals surface area contributed by atoms with Gasteiger partial charge in [-0.25, -0.2) is 27.5 Å². The summed E-state index contributed by atoms with van der Waals surface area (Å²) < 4.78 is 40.1. The van der Waals surface area contributed by atoms with Crippen LogP contribution < -0.4 is 9.62 Å². The maximum atomic E-state index is 13.2. The molecule has 8 heteroatoms. The van der Waals surface area contributed by atoms with E-state index < -0.39 is 15.8 Å². The lowest BCUT2D eigenvalue weighted by Gasteiger charge is -2.17. The molecule has 3 rings (SSSR count). The Bertz CT molecular complexity index is 836. The van der Waals surface area contributed by atoms with E-state index in [4.69, 9.17) is 0 Å². The number of sulfonamides is 1. The average Bonchev–Trinajstić information content (AvgIpc) is 3.07. The molecule has 0 unspecified atom stereocenters. The molecule has 0 amide bonds. The number of nitrogens with one attached hydrogen (secondary N) is 1. The van der Waals surface area contributed by atoms with Crippen molar-refractivity contribution in [1.29, 1.82) is 0 Å².